The van der Waals surface area contributed by atoms with E-state index in [9.17, 15) is 0 Å². The molecule has 2 aromatic heterocycles. The minimum atomic E-state index is 0.350. The van der Waals surface area contributed by atoms with Gasteiger partial charge in [-0.25, -0.2) is 0 Å². The molecular weight excluding hydrogens is 264 g/mol. The van der Waals surface area contributed by atoms with Crippen LogP contribution >= 0.6 is 11.3 Å². The van der Waals surface area contributed by atoms with Gasteiger partial charge in [0.1, 0.15) is 0 Å². The highest BCUT2D eigenvalue weighted by Crippen LogP contribution is 2.29. The van der Waals surface area contributed by atoms with Crippen LogP contribution in [-0.4, -0.2) is 4.98 Å². The van der Waals surface area contributed by atoms with E-state index in [4.69, 9.17) is 0 Å². The molecule has 0 fully saturated rings. The first-order valence-corrected chi connectivity index (χ1v) is 7.82. The van der Waals surface area contributed by atoms with Crippen LogP contribution in [0.1, 0.15) is 30.0 Å². The smallest absolute Gasteiger partial charge is 0.0936 e. The summed E-state index contributed by atoms with van der Waals surface area (Å²) >= 11 is 1.80. The van der Waals surface area contributed by atoms with E-state index in [0.717, 1.165) is 23.3 Å². The molecule has 0 amide bonds. The van der Waals surface area contributed by atoms with Gasteiger partial charge in [-0.15, -0.1) is 11.3 Å². The van der Waals surface area contributed by atoms with Crippen molar-refractivity contribution in [3.8, 4) is 0 Å². The molecule has 1 aromatic carbocycles. The van der Waals surface area contributed by atoms with Crippen LogP contribution in [0, 0.1) is 6.92 Å². The zero-order valence-corrected chi connectivity index (χ0v) is 12.6. The van der Waals surface area contributed by atoms with E-state index in [2.05, 4.69) is 65.1 Å². The fraction of sp³-hybridized carbons (Fsp3) is 0.235. The first-order valence-electron chi connectivity index (χ1n) is 6.94. The van der Waals surface area contributed by atoms with Gasteiger partial charge in [0, 0.05) is 16.0 Å². The van der Waals surface area contributed by atoms with Crippen molar-refractivity contribution in [1.82, 2.24) is 4.98 Å². The number of pyridine rings is 1. The Morgan fingerprint density at radius 3 is 2.80 bits per heavy atom. The topological polar surface area (TPSA) is 24.9 Å². The Morgan fingerprint density at radius 2 is 2.05 bits per heavy atom. The lowest BCUT2D eigenvalue weighted by molar-refractivity contribution is 0.765. The van der Waals surface area contributed by atoms with Gasteiger partial charge in [-0.3, -0.25) is 4.98 Å². The highest BCUT2D eigenvalue weighted by molar-refractivity contribution is 7.10. The van der Waals surface area contributed by atoms with E-state index in [1.165, 1.54) is 10.3 Å². The number of hydrogen-bond acceptors (Lipinski definition) is 3. The number of thiophene rings is 1. The molecule has 2 heterocycles. The van der Waals surface area contributed by atoms with Gasteiger partial charge in [0.15, 0.2) is 0 Å². The largest absolute Gasteiger partial charge is 0.376 e. The zero-order chi connectivity index (χ0) is 13.9. The molecule has 102 valence electrons. The van der Waals surface area contributed by atoms with E-state index in [1.54, 1.807) is 11.3 Å². The minimum absolute atomic E-state index is 0.350. The quantitative estimate of drug-likeness (QED) is 0.714. The van der Waals surface area contributed by atoms with Gasteiger partial charge < -0.3 is 5.32 Å². The van der Waals surface area contributed by atoms with Crippen LogP contribution in [0.25, 0.3) is 10.9 Å². The van der Waals surface area contributed by atoms with Gasteiger partial charge in [-0.05, 0) is 36.9 Å². The average molecular weight is 282 g/mol. The predicted octanol–water partition coefficient (Wildman–Crippen LogP) is 5.17. The molecule has 0 bridgehead atoms. The summed E-state index contributed by atoms with van der Waals surface area (Å²) in [7, 11) is 0. The molecule has 20 heavy (non-hydrogen) atoms. The summed E-state index contributed by atoms with van der Waals surface area (Å²) in [6.07, 6.45) is 1.06. The highest BCUT2D eigenvalue weighted by atomic mass is 32.1. The Balaban J connectivity index is 1.99. The van der Waals surface area contributed by atoms with E-state index in [1.807, 2.05) is 6.92 Å². The second-order valence-electron chi connectivity index (χ2n) is 4.95. The summed E-state index contributed by atoms with van der Waals surface area (Å²) in [4.78, 5) is 6.06. The number of fused-ring (bicyclic) bond motifs is 1. The van der Waals surface area contributed by atoms with Crippen LogP contribution in [-0.2, 0) is 0 Å². The molecule has 3 rings (SSSR count). The number of anilines is 1. The Morgan fingerprint density at radius 1 is 1.15 bits per heavy atom. The van der Waals surface area contributed by atoms with Crippen molar-refractivity contribution in [2.45, 2.75) is 26.3 Å². The summed E-state index contributed by atoms with van der Waals surface area (Å²) in [5.74, 6) is 0. The fourth-order valence-electron chi connectivity index (χ4n) is 2.41. The molecule has 0 aliphatic rings. The third-order valence-electron chi connectivity index (χ3n) is 3.48. The molecule has 0 aliphatic carbocycles. The van der Waals surface area contributed by atoms with Crippen LogP contribution in [0.4, 0.5) is 5.69 Å². The van der Waals surface area contributed by atoms with Crippen LogP contribution in [0.5, 0.6) is 0 Å². The maximum atomic E-state index is 4.69. The Bertz CT molecular complexity index is 704. The van der Waals surface area contributed by atoms with Crippen molar-refractivity contribution in [3.63, 3.8) is 0 Å². The lowest BCUT2D eigenvalue weighted by atomic mass is 10.1. The standard InChI is InChI=1S/C17H18N2S/c1-3-14(16-8-5-11-20-16)19-15-7-4-6-13-10-9-12(2)18-17(13)15/h4-11,14,19H,3H2,1-2H3. The van der Waals surface area contributed by atoms with Crippen LogP contribution in [0.3, 0.4) is 0 Å². The number of nitrogens with one attached hydrogen (secondary N) is 1. The van der Waals surface area contributed by atoms with E-state index < -0.39 is 0 Å². The van der Waals surface area contributed by atoms with Crippen molar-refractivity contribution in [1.29, 1.82) is 0 Å². The number of benzene rings is 1. The number of hydrogen-bond donors (Lipinski definition) is 1. The first kappa shape index (κ1) is 13.1. The van der Waals surface area contributed by atoms with Crippen LogP contribution in [0.15, 0.2) is 47.8 Å². The SMILES string of the molecule is CCC(Nc1cccc2ccc(C)nc12)c1cccs1. The van der Waals surface area contributed by atoms with Crippen LogP contribution < -0.4 is 5.32 Å². The van der Waals surface area contributed by atoms with Crippen molar-refractivity contribution in [2.75, 3.05) is 5.32 Å². The molecule has 3 aromatic rings. The fourth-order valence-corrected chi connectivity index (χ4v) is 3.27. The Kier molecular flexibility index (Phi) is 3.70. The first-order chi connectivity index (χ1) is 9.78. The summed E-state index contributed by atoms with van der Waals surface area (Å²) < 4.78 is 0. The molecule has 0 saturated heterocycles. The molecule has 1 unspecified atom stereocenters. The van der Waals surface area contributed by atoms with Gasteiger partial charge >= 0.3 is 0 Å². The second-order valence-corrected chi connectivity index (χ2v) is 5.93. The van der Waals surface area contributed by atoms with Crippen molar-refractivity contribution in [2.24, 2.45) is 0 Å². The normalized spacial score (nSPS) is 12.5. The molecule has 1 N–H and O–H groups in total. The van der Waals surface area contributed by atoms with Crippen LogP contribution in [0.2, 0.25) is 0 Å². The van der Waals surface area contributed by atoms with Crippen molar-refractivity contribution < 1.29 is 0 Å². The third kappa shape index (κ3) is 2.54. The van der Waals surface area contributed by atoms with E-state index in [0.29, 0.717) is 6.04 Å². The molecule has 0 saturated carbocycles. The number of rotatable bonds is 4. The molecule has 0 radical (unpaired) electrons. The molecule has 0 spiro atoms. The maximum Gasteiger partial charge on any atom is 0.0936 e. The zero-order valence-electron chi connectivity index (χ0n) is 11.8. The number of nitrogens with zero attached hydrogens (tertiary/aromatic N) is 1. The summed E-state index contributed by atoms with van der Waals surface area (Å²) in [5, 5.41) is 6.96. The summed E-state index contributed by atoms with van der Waals surface area (Å²) in [5.41, 5.74) is 3.23. The van der Waals surface area contributed by atoms with Gasteiger partial charge in [0.2, 0.25) is 0 Å². The highest BCUT2D eigenvalue weighted by Gasteiger charge is 2.12. The van der Waals surface area contributed by atoms with Gasteiger partial charge in [-0.1, -0.05) is 31.2 Å². The van der Waals surface area contributed by atoms with Crippen molar-refractivity contribution in [3.05, 3.63) is 58.4 Å². The molecule has 2 nitrogen and oxygen atoms in total. The summed E-state index contributed by atoms with van der Waals surface area (Å²) in [6, 6.07) is 15.2. The molecule has 1 atom stereocenters. The van der Waals surface area contributed by atoms with Gasteiger partial charge in [0.25, 0.3) is 0 Å². The minimum Gasteiger partial charge on any atom is -0.376 e. The summed E-state index contributed by atoms with van der Waals surface area (Å²) in [6.45, 7) is 4.24. The second kappa shape index (κ2) is 5.63. The molecular formula is C17H18N2S. The number of aryl methyl sites for hydroxylation is 1. The van der Waals surface area contributed by atoms with Gasteiger partial charge in [0.05, 0.1) is 17.2 Å². The lowest BCUT2D eigenvalue weighted by Crippen LogP contribution is -2.08. The maximum absolute atomic E-state index is 4.69. The number of aromatic nitrogens is 1. The van der Waals surface area contributed by atoms with E-state index in [-0.39, 0.29) is 0 Å². The van der Waals surface area contributed by atoms with Gasteiger partial charge in [-0.2, -0.15) is 0 Å². The third-order valence-corrected chi connectivity index (χ3v) is 4.47. The monoisotopic (exact) mass is 282 g/mol. The molecule has 0 aliphatic heterocycles. The van der Waals surface area contributed by atoms with Crippen molar-refractivity contribution >= 4 is 27.9 Å². The Hall–Kier alpha value is -1.87. The average Bonchev–Trinajstić information content (AvgIpc) is 2.99. The predicted molar refractivity (Wildman–Crippen MR) is 87.5 cm³/mol. The van der Waals surface area contributed by atoms with E-state index >= 15 is 0 Å². The molecule has 3 heteroatoms. The lowest BCUT2D eigenvalue weighted by Gasteiger charge is -2.18. The Labute approximate surface area is 123 Å². The number of para-hydroxylation sites is 1.